The molecule has 0 saturated carbocycles. The molecule has 1 aliphatic heterocycles. The lowest BCUT2D eigenvalue weighted by Crippen LogP contribution is -2.30. The number of benzene rings is 1. The van der Waals surface area contributed by atoms with E-state index in [9.17, 15) is 9.59 Å². The Bertz CT molecular complexity index is 764. The minimum absolute atomic E-state index is 0.0708. The van der Waals surface area contributed by atoms with Gasteiger partial charge in [0.1, 0.15) is 11.8 Å². The molecular weight excluding hydrogens is 340 g/mol. The quantitative estimate of drug-likeness (QED) is 0.788. The molecule has 2 N–H and O–H groups in total. The maximum atomic E-state index is 11.6. The largest absolute Gasteiger partial charge is 0.493 e. The van der Waals surface area contributed by atoms with Crippen LogP contribution in [0.2, 0.25) is 0 Å². The van der Waals surface area contributed by atoms with E-state index in [1.54, 1.807) is 6.07 Å². The van der Waals surface area contributed by atoms with E-state index in [0.29, 0.717) is 25.1 Å². The summed E-state index contributed by atoms with van der Waals surface area (Å²) in [7, 11) is 0. The lowest BCUT2D eigenvalue weighted by molar-refractivity contribution is -0.112. The number of pyridine rings is 1. The van der Waals surface area contributed by atoms with Crippen LogP contribution in [0.5, 0.6) is 5.75 Å². The summed E-state index contributed by atoms with van der Waals surface area (Å²) in [4.78, 5) is 27.1. The minimum Gasteiger partial charge on any atom is -0.493 e. The van der Waals surface area contributed by atoms with Gasteiger partial charge in [-0.1, -0.05) is 18.2 Å². The van der Waals surface area contributed by atoms with Crippen molar-refractivity contribution in [3.8, 4) is 5.75 Å². The number of nitrogens with zero attached hydrogens (tertiary/aromatic N) is 1. The summed E-state index contributed by atoms with van der Waals surface area (Å²) < 4.78 is 5.70. The maximum absolute atomic E-state index is 11.6. The number of hydrogen-bond acceptors (Lipinski definition) is 6. The predicted molar refractivity (Wildman–Crippen MR) is 94.4 cm³/mol. The van der Waals surface area contributed by atoms with Crippen molar-refractivity contribution in [1.29, 1.82) is 0 Å². The smallest absolute Gasteiger partial charge is 0.287 e. The van der Waals surface area contributed by atoms with Crippen LogP contribution in [0, 0.1) is 0 Å². The maximum Gasteiger partial charge on any atom is 0.287 e. The van der Waals surface area contributed by atoms with E-state index in [1.165, 1.54) is 0 Å². The Balaban J connectivity index is 1.49. The van der Waals surface area contributed by atoms with E-state index in [4.69, 9.17) is 9.84 Å². The number of hydrogen-bond donors (Lipinski definition) is 2. The highest BCUT2D eigenvalue weighted by atomic mass is 32.2. The Labute approximate surface area is 149 Å². The second-order valence-electron chi connectivity index (χ2n) is 5.63. The molecule has 1 aliphatic rings. The average Bonchev–Trinajstić information content (AvgIpc) is 2.94. The third kappa shape index (κ3) is 4.80. The molecule has 0 spiro atoms. The van der Waals surface area contributed by atoms with Crippen LogP contribution in [0.3, 0.4) is 0 Å². The molecular formula is C18H18N2O4S. The van der Waals surface area contributed by atoms with Crippen molar-refractivity contribution in [2.24, 2.45) is 0 Å². The Morgan fingerprint density at radius 3 is 2.56 bits per heavy atom. The van der Waals surface area contributed by atoms with E-state index in [1.807, 2.05) is 36.4 Å². The molecule has 0 bridgehead atoms. The van der Waals surface area contributed by atoms with Gasteiger partial charge in [0.05, 0.1) is 18.9 Å². The molecule has 1 aromatic heterocycles. The third-order valence-electron chi connectivity index (χ3n) is 3.79. The summed E-state index contributed by atoms with van der Waals surface area (Å²) in [6.07, 6.45) is 1.13. The minimum atomic E-state index is -0.450. The van der Waals surface area contributed by atoms with Gasteiger partial charge in [-0.25, -0.2) is 0 Å². The fraction of sp³-hybridized carbons (Fsp3) is 0.278. The Morgan fingerprint density at radius 2 is 1.88 bits per heavy atom. The number of rotatable bonds is 7. The number of aliphatic hydroxyl groups is 1. The highest BCUT2D eigenvalue weighted by molar-refractivity contribution is 8.26. The molecule has 6 nitrogen and oxygen atoms in total. The van der Waals surface area contributed by atoms with E-state index >= 15 is 0 Å². The van der Waals surface area contributed by atoms with Crippen molar-refractivity contribution in [3.05, 3.63) is 59.4 Å². The van der Waals surface area contributed by atoms with Crippen LogP contribution in [0.25, 0.3) is 0 Å². The lowest BCUT2D eigenvalue weighted by atomic mass is 10.1. The van der Waals surface area contributed by atoms with Crippen LogP contribution in [0.4, 0.5) is 4.79 Å². The van der Waals surface area contributed by atoms with Gasteiger partial charge in [0.25, 0.3) is 5.24 Å². The van der Waals surface area contributed by atoms with Gasteiger partial charge in [-0.2, -0.15) is 0 Å². The van der Waals surface area contributed by atoms with Crippen LogP contribution in [0.1, 0.15) is 17.0 Å². The molecule has 1 atom stereocenters. The van der Waals surface area contributed by atoms with Gasteiger partial charge in [-0.05, 0) is 29.8 Å². The first-order valence-corrected chi connectivity index (χ1v) is 8.75. The Kier molecular flexibility index (Phi) is 5.67. The van der Waals surface area contributed by atoms with Gasteiger partial charge in [0, 0.05) is 30.3 Å². The molecule has 1 saturated heterocycles. The highest BCUT2D eigenvalue weighted by Crippen LogP contribution is 2.20. The first kappa shape index (κ1) is 17.4. The first-order valence-electron chi connectivity index (χ1n) is 7.93. The molecule has 1 unspecified atom stereocenters. The second-order valence-corrected chi connectivity index (χ2v) is 6.61. The molecule has 130 valence electrons. The molecule has 0 aliphatic carbocycles. The van der Waals surface area contributed by atoms with E-state index < -0.39 is 6.04 Å². The summed E-state index contributed by atoms with van der Waals surface area (Å²) in [5.74, 6) is 0.734. The molecule has 0 radical (unpaired) electrons. The molecule has 3 rings (SSSR count). The van der Waals surface area contributed by atoms with Gasteiger partial charge in [-0.3, -0.25) is 14.6 Å². The molecule has 1 fully saturated rings. The molecule has 7 heteroatoms. The number of carbonyl (C=O) groups is 2. The number of aromatic nitrogens is 1. The van der Waals surface area contributed by atoms with E-state index in [-0.39, 0.29) is 17.0 Å². The van der Waals surface area contributed by atoms with Crippen molar-refractivity contribution >= 4 is 22.1 Å². The monoisotopic (exact) mass is 358 g/mol. The van der Waals surface area contributed by atoms with Crippen LogP contribution >= 0.6 is 11.8 Å². The van der Waals surface area contributed by atoms with E-state index in [0.717, 1.165) is 28.8 Å². The molecule has 25 heavy (non-hydrogen) atoms. The van der Waals surface area contributed by atoms with Crippen LogP contribution in [0.15, 0.2) is 42.5 Å². The van der Waals surface area contributed by atoms with Crippen molar-refractivity contribution in [1.82, 2.24) is 10.3 Å². The van der Waals surface area contributed by atoms with Gasteiger partial charge < -0.3 is 15.2 Å². The van der Waals surface area contributed by atoms with Gasteiger partial charge in [-0.15, -0.1) is 0 Å². The summed E-state index contributed by atoms with van der Waals surface area (Å²) in [5, 5.41) is 11.3. The van der Waals surface area contributed by atoms with Crippen LogP contribution < -0.4 is 10.1 Å². The summed E-state index contributed by atoms with van der Waals surface area (Å²) >= 11 is 0.727. The molecule has 1 amide bonds. The Morgan fingerprint density at radius 1 is 1.12 bits per heavy atom. The summed E-state index contributed by atoms with van der Waals surface area (Å²) in [6, 6.07) is 12.6. The number of nitrogens with one attached hydrogen (secondary N) is 1. The topological polar surface area (TPSA) is 88.5 Å². The second kappa shape index (κ2) is 8.13. The fourth-order valence-corrected chi connectivity index (χ4v) is 3.18. The van der Waals surface area contributed by atoms with Gasteiger partial charge in [0.2, 0.25) is 5.12 Å². The SMILES string of the molecule is O=C1NC(Cc2ccc(OCCc3cccc(CO)n3)cc2)C(=O)S1. The molecule has 1 aromatic carbocycles. The van der Waals surface area contributed by atoms with Gasteiger partial charge in [0.15, 0.2) is 0 Å². The number of thioether (sulfide) groups is 1. The number of aliphatic hydroxyl groups excluding tert-OH is 1. The molecule has 2 heterocycles. The van der Waals surface area contributed by atoms with Crippen molar-refractivity contribution in [3.63, 3.8) is 0 Å². The first-order chi connectivity index (χ1) is 12.1. The van der Waals surface area contributed by atoms with Gasteiger partial charge >= 0.3 is 0 Å². The lowest BCUT2D eigenvalue weighted by Gasteiger charge is -2.10. The van der Waals surface area contributed by atoms with Crippen molar-refractivity contribution in [2.45, 2.75) is 25.5 Å². The Hall–Kier alpha value is -2.38. The standard InChI is InChI=1S/C18H18N2O4S/c21-11-14-3-1-2-13(19-14)8-9-24-15-6-4-12(5-7-15)10-16-17(22)25-18(23)20-16/h1-7,16,21H,8-11H2,(H,20,23). The zero-order chi connectivity index (χ0) is 17.6. The van der Waals surface area contributed by atoms with E-state index in [2.05, 4.69) is 10.3 Å². The van der Waals surface area contributed by atoms with Crippen LogP contribution in [-0.4, -0.2) is 33.1 Å². The number of ether oxygens (including phenoxy) is 1. The normalized spacial score (nSPS) is 16.8. The fourth-order valence-electron chi connectivity index (χ4n) is 2.51. The zero-order valence-electron chi connectivity index (χ0n) is 13.5. The third-order valence-corrected chi connectivity index (χ3v) is 4.58. The summed E-state index contributed by atoms with van der Waals surface area (Å²) in [5.41, 5.74) is 2.48. The van der Waals surface area contributed by atoms with Crippen LogP contribution in [-0.2, 0) is 24.2 Å². The highest BCUT2D eigenvalue weighted by Gasteiger charge is 2.31. The predicted octanol–water partition coefficient (Wildman–Crippen LogP) is 2.09. The number of amides is 1. The van der Waals surface area contributed by atoms with Crippen molar-refractivity contribution in [2.75, 3.05) is 6.61 Å². The average molecular weight is 358 g/mol. The summed E-state index contributed by atoms with van der Waals surface area (Å²) in [6.45, 7) is 0.410. The van der Waals surface area contributed by atoms with Crippen molar-refractivity contribution < 1.29 is 19.4 Å². The number of carbonyl (C=O) groups excluding carboxylic acids is 2. The molecule has 2 aromatic rings. The zero-order valence-corrected chi connectivity index (χ0v) is 14.3.